The smallest absolute Gasteiger partial charge is 0.318 e. The maximum atomic E-state index is 11.7. The maximum absolute atomic E-state index is 11.7. The van der Waals surface area contributed by atoms with Crippen molar-refractivity contribution in [3.8, 4) is 0 Å². The van der Waals surface area contributed by atoms with Crippen LogP contribution in [0.2, 0.25) is 0 Å². The number of amides is 2. The van der Waals surface area contributed by atoms with Crippen LogP contribution < -0.4 is 10.7 Å². The van der Waals surface area contributed by atoms with Crippen molar-refractivity contribution in [3.05, 3.63) is 69.8 Å². The van der Waals surface area contributed by atoms with Crippen molar-refractivity contribution in [2.75, 3.05) is 5.32 Å². The van der Waals surface area contributed by atoms with Gasteiger partial charge in [0.15, 0.2) is 0 Å². The molecule has 0 atom stereocenters. The molecule has 2 amide bonds. The van der Waals surface area contributed by atoms with Gasteiger partial charge in [-0.15, -0.1) is 0 Å². The molecule has 2 rings (SSSR count). The van der Waals surface area contributed by atoms with Crippen LogP contribution in [0.25, 0.3) is 0 Å². The molecule has 0 unspecified atom stereocenters. The molecule has 0 aliphatic heterocycles. The van der Waals surface area contributed by atoms with E-state index in [0.29, 0.717) is 0 Å². The highest BCUT2D eigenvalue weighted by Gasteiger charge is 2.13. The number of non-ortho nitro benzene ring substituents is 1. The number of carbonyl (C=O) groups excluding carboxylic acids is 2. The molecule has 0 saturated carbocycles. The fourth-order valence-electron chi connectivity index (χ4n) is 1.72. The van der Waals surface area contributed by atoms with Crippen molar-refractivity contribution in [1.82, 2.24) is 5.43 Å². The number of nitro groups is 1. The summed E-state index contributed by atoms with van der Waals surface area (Å²) in [7, 11) is 0. The molecule has 0 saturated heterocycles. The molecule has 2 N–H and O–H groups in total. The predicted molar refractivity (Wildman–Crippen MR) is 88.6 cm³/mol. The number of hydrazone groups is 1. The number of nitrogens with zero attached hydrogens (tertiary/aromatic N) is 2. The van der Waals surface area contributed by atoms with Gasteiger partial charge in [-0.3, -0.25) is 19.7 Å². The molecular weight excluding hydrogens is 312 g/mol. The van der Waals surface area contributed by atoms with Gasteiger partial charge >= 0.3 is 11.8 Å². The Morgan fingerprint density at radius 1 is 1.04 bits per heavy atom. The van der Waals surface area contributed by atoms with Gasteiger partial charge in [0.05, 0.1) is 11.1 Å². The topological polar surface area (TPSA) is 114 Å². The molecule has 2 aromatic carbocycles. The first-order valence-electron chi connectivity index (χ1n) is 6.91. The number of nitro benzene ring substituents is 1. The molecule has 0 aliphatic rings. The lowest BCUT2D eigenvalue weighted by Gasteiger charge is -2.03. The Hall–Kier alpha value is -3.55. The van der Waals surface area contributed by atoms with Gasteiger partial charge in [0.25, 0.3) is 5.69 Å². The molecule has 0 fully saturated rings. The van der Waals surface area contributed by atoms with E-state index in [0.717, 1.165) is 11.1 Å². The molecule has 2 aromatic rings. The number of benzene rings is 2. The van der Waals surface area contributed by atoms with E-state index >= 15 is 0 Å². The highest BCUT2D eigenvalue weighted by atomic mass is 16.6. The second kappa shape index (κ2) is 7.63. The molecule has 0 aliphatic carbocycles. The Balaban J connectivity index is 1.88. The summed E-state index contributed by atoms with van der Waals surface area (Å²) in [6.07, 6.45) is 1.41. The van der Waals surface area contributed by atoms with E-state index in [9.17, 15) is 19.7 Å². The number of rotatable bonds is 4. The number of hydrogen-bond acceptors (Lipinski definition) is 5. The zero-order chi connectivity index (χ0) is 17.5. The molecule has 0 radical (unpaired) electrons. The molecule has 122 valence electrons. The van der Waals surface area contributed by atoms with E-state index in [-0.39, 0.29) is 11.4 Å². The Labute approximate surface area is 137 Å². The lowest BCUT2D eigenvalue weighted by atomic mass is 10.2. The fourth-order valence-corrected chi connectivity index (χ4v) is 1.72. The van der Waals surface area contributed by atoms with Crippen LogP contribution in [0.3, 0.4) is 0 Å². The summed E-state index contributed by atoms with van der Waals surface area (Å²) in [6, 6.07) is 12.5. The molecule has 8 nitrogen and oxygen atoms in total. The largest absolute Gasteiger partial charge is 0.329 e. The maximum Gasteiger partial charge on any atom is 0.329 e. The third-order valence-electron chi connectivity index (χ3n) is 3.00. The van der Waals surface area contributed by atoms with Crippen LogP contribution >= 0.6 is 0 Å². The van der Waals surface area contributed by atoms with E-state index in [2.05, 4.69) is 15.8 Å². The van der Waals surface area contributed by atoms with Crippen LogP contribution in [0.1, 0.15) is 11.1 Å². The van der Waals surface area contributed by atoms with E-state index in [1.54, 1.807) is 0 Å². The summed E-state index contributed by atoms with van der Waals surface area (Å²) in [5.74, 6) is -1.87. The normalized spacial score (nSPS) is 10.4. The average Bonchev–Trinajstić information content (AvgIpc) is 2.57. The molecule has 0 aromatic heterocycles. The van der Waals surface area contributed by atoms with Crippen molar-refractivity contribution in [3.63, 3.8) is 0 Å². The number of nitrogens with one attached hydrogen (secondary N) is 2. The zero-order valence-electron chi connectivity index (χ0n) is 12.7. The van der Waals surface area contributed by atoms with Crippen LogP contribution in [0.4, 0.5) is 11.4 Å². The van der Waals surface area contributed by atoms with Crippen molar-refractivity contribution in [1.29, 1.82) is 0 Å². The lowest BCUT2D eigenvalue weighted by Crippen LogP contribution is -2.32. The fraction of sp³-hybridized carbons (Fsp3) is 0.0625. The van der Waals surface area contributed by atoms with E-state index in [1.807, 2.05) is 31.2 Å². The van der Waals surface area contributed by atoms with Crippen LogP contribution in [0.15, 0.2) is 53.6 Å². The Kier molecular flexibility index (Phi) is 5.35. The highest BCUT2D eigenvalue weighted by molar-refractivity contribution is 6.39. The molecule has 8 heteroatoms. The first-order valence-corrected chi connectivity index (χ1v) is 6.91. The summed E-state index contributed by atoms with van der Waals surface area (Å²) < 4.78 is 0. The minimum Gasteiger partial charge on any atom is -0.318 e. The van der Waals surface area contributed by atoms with Crippen LogP contribution in [-0.2, 0) is 9.59 Å². The SMILES string of the molecule is Cc1ccc(/C=N\NC(=O)C(=O)Nc2ccc([N+](=O)[O-])cc2)cc1. The summed E-state index contributed by atoms with van der Waals surface area (Å²) in [4.78, 5) is 33.3. The molecule has 0 heterocycles. The quantitative estimate of drug-likeness (QED) is 0.387. The van der Waals surface area contributed by atoms with Gasteiger partial charge in [-0.1, -0.05) is 29.8 Å². The lowest BCUT2D eigenvalue weighted by molar-refractivity contribution is -0.384. The standard InChI is InChI=1S/C16H14N4O4/c1-11-2-4-12(5-3-11)10-17-19-16(22)15(21)18-13-6-8-14(9-7-13)20(23)24/h2-10H,1H3,(H,18,21)(H,19,22)/b17-10-. The third-order valence-corrected chi connectivity index (χ3v) is 3.00. The first-order chi connectivity index (χ1) is 11.5. The predicted octanol–water partition coefficient (Wildman–Crippen LogP) is 1.99. The van der Waals surface area contributed by atoms with Gasteiger partial charge in [-0.2, -0.15) is 5.10 Å². The van der Waals surface area contributed by atoms with Gasteiger partial charge in [0.1, 0.15) is 0 Å². The van der Waals surface area contributed by atoms with E-state index < -0.39 is 16.7 Å². The minimum absolute atomic E-state index is 0.111. The average molecular weight is 326 g/mol. The summed E-state index contributed by atoms with van der Waals surface area (Å²) >= 11 is 0. The second-order valence-electron chi connectivity index (χ2n) is 4.87. The molecule has 24 heavy (non-hydrogen) atoms. The minimum atomic E-state index is -0.947. The Morgan fingerprint density at radius 3 is 2.25 bits per heavy atom. The van der Waals surface area contributed by atoms with Crippen molar-refractivity contribution in [2.24, 2.45) is 5.10 Å². The molecular formula is C16H14N4O4. The van der Waals surface area contributed by atoms with Crippen LogP contribution in [-0.4, -0.2) is 23.0 Å². The highest BCUT2D eigenvalue weighted by Crippen LogP contribution is 2.15. The zero-order valence-corrected chi connectivity index (χ0v) is 12.7. The van der Waals surface area contributed by atoms with Gasteiger partial charge in [0.2, 0.25) is 0 Å². The van der Waals surface area contributed by atoms with E-state index in [4.69, 9.17) is 0 Å². The summed E-state index contributed by atoms with van der Waals surface area (Å²) in [6.45, 7) is 1.95. The number of carbonyl (C=O) groups is 2. The first kappa shape index (κ1) is 16.8. The Morgan fingerprint density at radius 2 is 1.67 bits per heavy atom. The monoisotopic (exact) mass is 326 g/mol. The van der Waals surface area contributed by atoms with Crippen molar-refractivity contribution < 1.29 is 14.5 Å². The van der Waals surface area contributed by atoms with Gasteiger partial charge in [-0.25, -0.2) is 5.43 Å². The van der Waals surface area contributed by atoms with Crippen LogP contribution in [0, 0.1) is 17.0 Å². The van der Waals surface area contributed by atoms with Gasteiger partial charge in [-0.05, 0) is 24.6 Å². The van der Waals surface area contributed by atoms with Gasteiger partial charge in [0, 0.05) is 17.8 Å². The molecule has 0 spiro atoms. The van der Waals surface area contributed by atoms with Crippen LogP contribution in [0.5, 0.6) is 0 Å². The summed E-state index contributed by atoms with van der Waals surface area (Å²) in [5.41, 5.74) is 4.13. The number of hydrogen-bond donors (Lipinski definition) is 2. The molecule has 0 bridgehead atoms. The third kappa shape index (κ3) is 4.73. The van der Waals surface area contributed by atoms with Gasteiger partial charge < -0.3 is 5.32 Å². The van der Waals surface area contributed by atoms with Crippen molar-refractivity contribution in [2.45, 2.75) is 6.92 Å². The Bertz CT molecular complexity index is 783. The van der Waals surface area contributed by atoms with Crippen molar-refractivity contribution >= 4 is 29.4 Å². The summed E-state index contributed by atoms with van der Waals surface area (Å²) in [5, 5.41) is 16.5. The second-order valence-corrected chi connectivity index (χ2v) is 4.87. The number of anilines is 1. The number of aryl methyl sites for hydroxylation is 1. The van der Waals surface area contributed by atoms with E-state index in [1.165, 1.54) is 30.5 Å².